The number of carbonyl (C=O) groups excluding carboxylic acids is 1. The van der Waals surface area contributed by atoms with Crippen molar-refractivity contribution in [2.75, 3.05) is 25.0 Å². The first-order chi connectivity index (χ1) is 14.9. The summed E-state index contributed by atoms with van der Waals surface area (Å²) < 4.78 is 0. The highest BCUT2D eigenvalue weighted by Gasteiger charge is 2.26. The van der Waals surface area contributed by atoms with E-state index < -0.39 is 5.60 Å². The second kappa shape index (κ2) is 9.03. The van der Waals surface area contributed by atoms with Crippen molar-refractivity contribution in [3.63, 3.8) is 0 Å². The number of β-amino-alcohol motifs (C(OH)–C–C–N with tert-alkyl or cyclic N) is 1. The van der Waals surface area contributed by atoms with Crippen LogP contribution >= 0.6 is 0 Å². The number of aromatic nitrogens is 4. The molecule has 4 rings (SSSR count). The molecule has 0 aromatic carbocycles. The quantitative estimate of drug-likeness (QED) is 0.654. The van der Waals surface area contributed by atoms with Crippen LogP contribution in [0.3, 0.4) is 0 Å². The summed E-state index contributed by atoms with van der Waals surface area (Å²) in [5.74, 6) is 0.455. The molecule has 3 aromatic heterocycles. The van der Waals surface area contributed by atoms with Gasteiger partial charge < -0.3 is 15.3 Å². The smallest absolute Gasteiger partial charge is 0.228 e. The van der Waals surface area contributed by atoms with Crippen LogP contribution in [-0.2, 0) is 4.79 Å². The average molecular weight is 421 g/mol. The molecule has 1 amide bonds. The minimum Gasteiger partial charge on any atom is -0.389 e. The third-order valence-corrected chi connectivity index (χ3v) is 5.48. The highest BCUT2D eigenvalue weighted by molar-refractivity contribution is 5.94. The van der Waals surface area contributed by atoms with Crippen LogP contribution in [0.2, 0.25) is 0 Å². The van der Waals surface area contributed by atoms with Crippen LogP contribution in [0.15, 0.2) is 43.1 Å². The zero-order chi connectivity index (χ0) is 21.8. The summed E-state index contributed by atoms with van der Waals surface area (Å²) in [6.45, 7) is 5.96. The molecular weight excluding hydrogens is 392 g/mol. The Morgan fingerprint density at radius 1 is 1.13 bits per heavy atom. The number of amides is 1. The van der Waals surface area contributed by atoms with Crippen LogP contribution in [0.4, 0.5) is 5.82 Å². The van der Waals surface area contributed by atoms with E-state index in [0.717, 1.165) is 54.5 Å². The van der Waals surface area contributed by atoms with E-state index >= 15 is 0 Å². The van der Waals surface area contributed by atoms with Crippen molar-refractivity contribution in [3.8, 4) is 11.3 Å². The molecule has 4 heterocycles. The maximum absolute atomic E-state index is 12.9. The molecule has 31 heavy (non-hydrogen) atoms. The maximum atomic E-state index is 12.9. The first kappa shape index (κ1) is 21.3. The summed E-state index contributed by atoms with van der Waals surface area (Å²) in [7, 11) is 0. The lowest BCUT2D eigenvalue weighted by molar-refractivity contribution is -0.120. The molecule has 0 radical (unpaired) electrons. The minimum atomic E-state index is -0.727. The molecule has 162 valence electrons. The molecule has 1 atom stereocenters. The summed E-state index contributed by atoms with van der Waals surface area (Å²) in [6.07, 6.45) is 10.9. The fraction of sp³-hybridized carbons (Fsp3) is 0.435. The number of nitrogens with zero attached hydrogens (tertiary/aromatic N) is 5. The predicted molar refractivity (Wildman–Crippen MR) is 119 cm³/mol. The van der Waals surface area contributed by atoms with Crippen LogP contribution < -0.4 is 5.32 Å². The van der Waals surface area contributed by atoms with E-state index in [0.29, 0.717) is 12.4 Å². The van der Waals surface area contributed by atoms with E-state index in [-0.39, 0.29) is 11.8 Å². The molecule has 8 nitrogen and oxygen atoms in total. The molecule has 1 unspecified atom stereocenters. The van der Waals surface area contributed by atoms with E-state index in [9.17, 15) is 9.90 Å². The molecule has 0 aliphatic carbocycles. The van der Waals surface area contributed by atoms with Gasteiger partial charge in [-0.3, -0.25) is 19.7 Å². The van der Waals surface area contributed by atoms with Crippen LogP contribution in [-0.4, -0.2) is 61.1 Å². The summed E-state index contributed by atoms with van der Waals surface area (Å²) in [5, 5.41) is 13.9. The van der Waals surface area contributed by atoms with E-state index in [1.165, 1.54) is 0 Å². The maximum Gasteiger partial charge on any atom is 0.228 e. The fourth-order valence-electron chi connectivity index (χ4n) is 4.04. The largest absolute Gasteiger partial charge is 0.389 e. The molecule has 1 aliphatic heterocycles. The van der Waals surface area contributed by atoms with Crippen molar-refractivity contribution >= 4 is 22.6 Å². The molecule has 8 heteroatoms. The van der Waals surface area contributed by atoms with Crippen LogP contribution in [0.25, 0.3) is 22.2 Å². The van der Waals surface area contributed by atoms with Crippen LogP contribution in [0, 0.1) is 5.92 Å². The Bertz CT molecular complexity index is 1050. The number of nitrogens with one attached hydrogen (secondary N) is 1. The van der Waals surface area contributed by atoms with Gasteiger partial charge in [0.05, 0.1) is 29.2 Å². The molecule has 1 saturated heterocycles. The lowest BCUT2D eigenvalue weighted by atomic mass is 10.00. The Balaban J connectivity index is 1.44. The minimum absolute atomic E-state index is 0.00463. The molecule has 1 aliphatic rings. The first-order valence-electron chi connectivity index (χ1n) is 10.7. The molecule has 0 bridgehead atoms. The van der Waals surface area contributed by atoms with E-state index in [1.54, 1.807) is 31.0 Å². The number of pyridine rings is 2. The summed E-state index contributed by atoms with van der Waals surface area (Å²) >= 11 is 0. The number of carbonyl (C=O) groups is 1. The highest BCUT2D eigenvalue weighted by Crippen LogP contribution is 2.24. The average Bonchev–Trinajstić information content (AvgIpc) is 2.98. The Kier molecular flexibility index (Phi) is 6.20. The van der Waals surface area contributed by atoms with Crippen LogP contribution in [0.5, 0.6) is 0 Å². The van der Waals surface area contributed by atoms with Gasteiger partial charge in [0, 0.05) is 42.0 Å². The van der Waals surface area contributed by atoms with Crippen molar-refractivity contribution in [3.05, 3.63) is 43.1 Å². The van der Waals surface area contributed by atoms with Gasteiger partial charge in [0.25, 0.3) is 0 Å². The zero-order valence-corrected chi connectivity index (χ0v) is 18.0. The lowest BCUT2D eigenvalue weighted by Gasteiger charge is -2.27. The van der Waals surface area contributed by atoms with Gasteiger partial charge in [-0.2, -0.15) is 0 Å². The Morgan fingerprint density at radius 3 is 2.77 bits per heavy atom. The third kappa shape index (κ3) is 5.59. The van der Waals surface area contributed by atoms with Gasteiger partial charge in [0.15, 0.2) is 0 Å². The van der Waals surface area contributed by atoms with Gasteiger partial charge >= 0.3 is 0 Å². The monoisotopic (exact) mass is 420 g/mol. The number of rotatable bonds is 5. The number of hydrogen-bond acceptors (Lipinski definition) is 7. The Morgan fingerprint density at radius 2 is 2.00 bits per heavy atom. The predicted octanol–water partition coefficient (Wildman–Crippen LogP) is 2.90. The van der Waals surface area contributed by atoms with Crippen molar-refractivity contribution in [2.45, 2.75) is 38.7 Å². The molecule has 0 spiro atoms. The summed E-state index contributed by atoms with van der Waals surface area (Å²) in [6, 6.07) is 3.82. The topological polar surface area (TPSA) is 104 Å². The van der Waals surface area contributed by atoms with Crippen LogP contribution in [0.1, 0.15) is 33.1 Å². The molecule has 1 fully saturated rings. The standard InChI is InChI=1S/C23H28N6O2/c1-23(2,31)15-29-8-3-4-16(5-9-29)22(30)28-21-11-17-10-18(12-26-20(17)14-27-21)19-13-24-6-7-25-19/h6-7,10-14,16,31H,3-5,8-9,15H2,1-2H3,(H,27,28,30). The highest BCUT2D eigenvalue weighted by atomic mass is 16.3. The van der Waals surface area contributed by atoms with Crippen molar-refractivity contribution in [2.24, 2.45) is 5.92 Å². The molecule has 2 N–H and O–H groups in total. The number of aliphatic hydroxyl groups is 1. The Hall–Kier alpha value is -2.97. The van der Waals surface area contributed by atoms with Gasteiger partial charge in [-0.05, 0) is 58.3 Å². The molecular formula is C23H28N6O2. The number of likely N-dealkylation sites (tertiary alicyclic amines) is 1. The molecule has 3 aromatic rings. The van der Waals surface area contributed by atoms with Crippen molar-refractivity contribution in [1.29, 1.82) is 0 Å². The second-order valence-corrected chi connectivity index (χ2v) is 8.78. The zero-order valence-electron chi connectivity index (χ0n) is 18.0. The summed E-state index contributed by atoms with van der Waals surface area (Å²) in [4.78, 5) is 32.4. The van der Waals surface area contributed by atoms with E-state index in [4.69, 9.17) is 0 Å². The number of fused-ring (bicyclic) bond motifs is 1. The summed E-state index contributed by atoms with van der Waals surface area (Å²) in [5.41, 5.74) is 1.63. The molecule has 0 saturated carbocycles. The Labute approximate surface area is 181 Å². The van der Waals surface area contributed by atoms with Gasteiger partial charge in [0.2, 0.25) is 5.91 Å². The van der Waals surface area contributed by atoms with Gasteiger partial charge in [-0.15, -0.1) is 0 Å². The lowest BCUT2D eigenvalue weighted by Crippen LogP contribution is -2.39. The van der Waals surface area contributed by atoms with Gasteiger partial charge in [0.1, 0.15) is 5.82 Å². The van der Waals surface area contributed by atoms with E-state index in [2.05, 4.69) is 30.2 Å². The van der Waals surface area contributed by atoms with Gasteiger partial charge in [-0.25, -0.2) is 4.98 Å². The van der Waals surface area contributed by atoms with E-state index in [1.807, 2.05) is 26.0 Å². The number of anilines is 1. The van der Waals surface area contributed by atoms with Crippen molar-refractivity contribution < 1.29 is 9.90 Å². The SMILES string of the molecule is CC(C)(O)CN1CCCC(C(=O)Nc2cc3cc(-c4cnccn4)cnc3cn2)CC1. The second-order valence-electron chi connectivity index (χ2n) is 8.78. The first-order valence-corrected chi connectivity index (χ1v) is 10.7. The number of hydrogen-bond donors (Lipinski definition) is 2. The third-order valence-electron chi connectivity index (χ3n) is 5.48. The van der Waals surface area contributed by atoms with Gasteiger partial charge in [-0.1, -0.05) is 0 Å². The van der Waals surface area contributed by atoms with Crippen molar-refractivity contribution in [1.82, 2.24) is 24.8 Å². The normalized spacial score (nSPS) is 18.0. The fourth-order valence-corrected chi connectivity index (χ4v) is 4.04.